The minimum Gasteiger partial charge on any atom is -0.493 e. The number of nitrogens with zero attached hydrogens (tertiary/aromatic N) is 1. The maximum Gasteiger partial charge on any atom is 0.226 e. The number of carbonyl (C=O) groups excluding carboxylic acids is 1. The second-order valence-corrected chi connectivity index (χ2v) is 12.6. The van der Waals surface area contributed by atoms with Crippen molar-refractivity contribution in [3.05, 3.63) is 59.2 Å². The van der Waals surface area contributed by atoms with Crippen molar-refractivity contribution in [1.82, 2.24) is 10.2 Å². The van der Waals surface area contributed by atoms with Gasteiger partial charge in [-0.2, -0.15) is 0 Å². The molecule has 0 aromatic heterocycles. The summed E-state index contributed by atoms with van der Waals surface area (Å²) < 4.78 is 12.6. The quantitative estimate of drug-likeness (QED) is 0.635. The molecular formula is C31H36N2O4. The molecule has 2 heterocycles. The van der Waals surface area contributed by atoms with Gasteiger partial charge < -0.3 is 19.9 Å². The van der Waals surface area contributed by atoms with Gasteiger partial charge >= 0.3 is 0 Å². The van der Waals surface area contributed by atoms with Crippen LogP contribution in [0.4, 0.5) is 0 Å². The van der Waals surface area contributed by atoms with Crippen LogP contribution in [-0.2, 0) is 23.2 Å². The molecule has 2 aromatic carbocycles. The van der Waals surface area contributed by atoms with Crippen LogP contribution in [0.3, 0.4) is 0 Å². The largest absolute Gasteiger partial charge is 0.493 e. The molecular weight excluding hydrogens is 464 g/mol. The fourth-order valence-electron chi connectivity index (χ4n) is 9.43. The Kier molecular flexibility index (Phi) is 4.55. The van der Waals surface area contributed by atoms with Gasteiger partial charge in [0.25, 0.3) is 0 Å². The Morgan fingerprint density at radius 3 is 2.78 bits per heavy atom. The Morgan fingerprint density at radius 1 is 1.16 bits per heavy atom. The molecule has 5 fully saturated rings. The van der Waals surface area contributed by atoms with Gasteiger partial charge in [-0.05, 0) is 74.6 Å². The van der Waals surface area contributed by atoms with Crippen molar-refractivity contribution in [2.24, 2.45) is 17.3 Å². The predicted octanol–water partition coefficient (Wildman–Crippen LogP) is 3.58. The van der Waals surface area contributed by atoms with Gasteiger partial charge in [0.1, 0.15) is 11.7 Å². The average Bonchev–Trinajstić information content (AvgIpc) is 3.66. The molecule has 0 radical (unpaired) electrons. The van der Waals surface area contributed by atoms with Crippen LogP contribution in [0, 0.1) is 17.3 Å². The van der Waals surface area contributed by atoms with Crippen LogP contribution in [0.15, 0.2) is 42.5 Å². The summed E-state index contributed by atoms with van der Waals surface area (Å²) in [7, 11) is 1.70. The zero-order chi connectivity index (χ0) is 25.0. The standard InChI is InChI=1S/C31H36N2O4/c1-36-23-10-9-21-15-24-29-11-12-31(35,22(16-29)27(34)32-17-19-5-3-2-4-6-19)28-30(29,25(21)26(23)37-28)13-14-33(24)18-20-7-8-20/h2-6,9-10,20,22,24,28,35H,7-8,11-18H2,1H3,(H,32,34)/t22-,24?,28?,29?,30?,31?/m1/s1. The molecule has 2 aromatic rings. The summed E-state index contributed by atoms with van der Waals surface area (Å²) in [5.41, 5.74) is 2.20. The third kappa shape index (κ3) is 2.76. The Bertz CT molecular complexity index is 1280. The van der Waals surface area contributed by atoms with Crippen LogP contribution in [0.5, 0.6) is 11.5 Å². The molecule has 6 heteroatoms. The maximum absolute atomic E-state index is 13.8. The first kappa shape index (κ1) is 22.4. The lowest BCUT2D eigenvalue weighted by molar-refractivity contribution is -0.264. The third-order valence-corrected chi connectivity index (χ3v) is 11.1. The fraction of sp³-hybridized carbons (Fsp3) is 0.581. The summed E-state index contributed by atoms with van der Waals surface area (Å²) in [4.78, 5) is 16.6. The molecule has 1 saturated heterocycles. The second-order valence-electron chi connectivity index (χ2n) is 12.6. The molecule has 2 spiro atoms. The van der Waals surface area contributed by atoms with Crippen molar-refractivity contribution in [3.63, 3.8) is 0 Å². The molecule has 194 valence electrons. The predicted molar refractivity (Wildman–Crippen MR) is 139 cm³/mol. The molecule has 1 amide bonds. The molecule has 5 aliphatic carbocycles. The summed E-state index contributed by atoms with van der Waals surface area (Å²) in [5.74, 6) is 1.89. The van der Waals surface area contributed by atoms with E-state index in [0.717, 1.165) is 55.2 Å². The molecule has 6 nitrogen and oxygen atoms in total. The van der Waals surface area contributed by atoms with Crippen LogP contribution in [-0.4, -0.2) is 53.9 Å². The third-order valence-electron chi connectivity index (χ3n) is 11.1. The van der Waals surface area contributed by atoms with Crippen molar-refractivity contribution in [2.75, 3.05) is 20.2 Å². The lowest BCUT2D eigenvalue weighted by Gasteiger charge is -2.73. The highest BCUT2D eigenvalue weighted by Crippen LogP contribution is 2.76. The topological polar surface area (TPSA) is 71.0 Å². The van der Waals surface area contributed by atoms with Crippen LogP contribution in [0.25, 0.3) is 0 Å². The number of carbonyl (C=O) groups is 1. The summed E-state index contributed by atoms with van der Waals surface area (Å²) >= 11 is 0. The Hall–Kier alpha value is -2.57. The molecule has 4 saturated carbocycles. The SMILES string of the molecule is COc1ccc2c3c1OC1C4(O)CCC5(C[C@@H]4C(=O)NCc4ccccc4)C(C2)N(CC2CC2)CCC315. The highest BCUT2D eigenvalue weighted by Gasteiger charge is 2.81. The number of fused-ring (bicyclic) bond motifs is 2. The van der Waals surface area contributed by atoms with Gasteiger partial charge in [0.2, 0.25) is 5.91 Å². The lowest BCUT2D eigenvalue weighted by Crippen LogP contribution is -2.81. The van der Waals surface area contributed by atoms with Crippen molar-refractivity contribution < 1.29 is 19.4 Å². The number of benzene rings is 2. The summed E-state index contributed by atoms with van der Waals surface area (Å²) in [6.07, 6.45) is 6.54. The second kappa shape index (κ2) is 7.51. The first-order chi connectivity index (χ1) is 18.0. The Labute approximate surface area is 218 Å². The zero-order valence-corrected chi connectivity index (χ0v) is 21.5. The van der Waals surface area contributed by atoms with Gasteiger partial charge in [-0.3, -0.25) is 9.69 Å². The van der Waals surface area contributed by atoms with Crippen molar-refractivity contribution in [2.45, 2.75) is 74.7 Å². The normalized spacial score (nSPS) is 38.6. The minimum atomic E-state index is -1.19. The number of rotatable bonds is 6. The number of ether oxygens (including phenoxy) is 2. The van der Waals surface area contributed by atoms with Gasteiger partial charge in [0, 0.05) is 35.5 Å². The van der Waals surface area contributed by atoms with Gasteiger partial charge in [-0.15, -0.1) is 0 Å². The minimum absolute atomic E-state index is 0.0376. The number of aliphatic hydroxyl groups is 1. The Morgan fingerprint density at radius 2 is 2.00 bits per heavy atom. The van der Waals surface area contributed by atoms with Crippen LogP contribution in [0.2, 0.25) is 0 Å². The molecule has 4 bridgehead atoms. The molecule has 7 aliphatic rings. The van der Waals surface area contributed by atoms with Crippen molar-refractivity contribution >= 4 is 5.91 Å². The molecule has 37 heavy (non-hydrogen) atoms. The van der Waals surface area contributed by atoms with Crippen LogP contribution in [0.1, 0.15) is 55.2 Å². The van der Waals surface area contributed by atoms with Gasteiger partial charge in [0.15, 0.2) is 11.5 Å². The van der Waals surface area contributed by atoms with Crippen LogP contribution < -0.4 is 14.8 Å². The van der Waals surface area contributed by atoms with E-state index in [0.29, 0.717) is 19.0 Å². The summed E-state index contributed by atoms with van der Waals surface area (Å²) in [6.45, 7) is 2.69. The maximum atomic E-state index is 13.8. The van der Waals surface area contributed by atoms with E-state index in [9.17, 15) is 9.90 Å². The fourth-order valence-corrected chi connectivity index (χ4v) is 9.43. The number of likely N-dealkylation sites (tertiary alicyclic amines) is 1. The lowest BCUT2D eigenvalue weighted by atomic mass is 9.35. The first-order valence-corrected chi connectivity index (χ1v) is 14.2. The van der Waals surface area contributed by atoms with E-state index in [-0.39, 0.29) is 16.7 Å². The Balaban J connectivity index is 1.23. The van der Waals surface area contributed by atoms with Crippen molar-refractivity contribution in [3.8, 4) is 11.5 Å². The molecule has 2 N–H and O–H groups in total. The van der Waals surface area contributed by atoms with Crippen LogP contribution >= 0.6 is 0 Å². The number of piperidine rings is 1. The highest BCUT2D eigenvalue weighted by atomic mass is 16.5. The number of methoxy groups -OCH3 is 1. The molecule has 5 unspecified atom stereocenters. The highest BCUT2D eigenvalue weighted by molar-refractivity contribution is 5.81. The number of nitrogens with one attached hydrogen (secondary N) is 1. The number of hydrogen-bond acceptors (Lipinski definition) is 5. The van der Waals surface area contributed by atoms with E-state index in [1.165, 1.54) is 30.5 Å². The first-order valence-electron chi connectivity index (χ1n) is 14.2. The smallest absolute Gasteiger partial charge is 0.226 e. The monoisotopic (exact) mass is 500 g/mol. The molecule has 6 atom stereocenters. The van der Waals surface area contributed by atoms with Gasteiger partial charge in [0.05, 0.1) is 13.0 Å². The molecule has 2 aliphatic heterocycles. The van der Waals surface area contributed by atoms with E-state index >= 15 is 0 Å². The van der Waals surface area contributed by atoms with Crippen molar-refractivity contribution in [1.29, 1.82) is 0 Å². The zero-order valence-electron chi connectivity index (χ0n) is 21.5. The van der Waals surface area contributed by atoms with E-state index in [4.69, 9.17) is 9.47 Å². The number of amides is 1. The average molecular weight is 501 g/mol. The number of hydrogen-bond donors (Lipinski definition) is 2. The summed E-state index contributed by atoms with van der Waals surface area (Å²) in [5, 5.41) is 15.7. The summed E-state index contributed by atoms with van der Waals surface area (Å²) in [6, 6.07) is 14.7. The van der Waals surface area contributed by atoms with E-state index in [1.807, 2.05) is 36.4 Å². The van der Waals surface area contributed by atoms with Gasteiger partial charge in [-0.25, -0.2) is 0 Å². The van der Waals surface area contributed by atoms with E-state index in [1.54, 1.807) is 7.11 Å². The van der Waals surface area contributed by atoms with E-state index in [2.05, 4.69) is 16.3 Å². The van der Waals surface area contributed by atoms with Gasteiger partial charge in [-0.1, -0.05) is 36.4 Å². The molecule has 9 rings (SSSR count). The van der Waals surface area contributed by atoms with E-state index < -0.39 is 17.6 Å².